The van der Waals surface area contributed by atoms with E-state index in [0.717, 1.165) is 16.8 Å². The van der Waals surface area contributed by atoms with Crippen LogP contribution in [0.2, 0.25) is 0 Å². The molecule has 2 aromatic rings. The fraction of sp³-hybridized carbons (Fsp3) is 0.250. The van der Waals surface area contributed by atoms with E-state index in [2.05, 4.69) is 10.6 Å². The van der Waals surface area contributed by atoms with Gasteiger partial charge in [0.2, 0.25) is 5.91 Å². The van der Waals surface area contributed by atoms with Gasteiger partial charge in [0.1, 0.15) is 5.75 Å². The Morgan fingerprint density at radius 1 is 1.15 bits per heavy atom. The molecule has 0 atom stereocenters. The number of carboxylic acid groups (broad SMARTS) is 1. The van der Waals surface area contributed by atoms with Gasteiger partial charge in [-0.2, -0.15) is 0 Å². The molecule has 0 saturated heterocycles. The Labute approximate surface area is 156 Å². The van der Waals surface area contributed by atoms with Gasteiger partial charge < -0.3 is 20.5 Å². The van der Waals surface area contributed by atoms with Crippen molar-refractivity contribution in [3.63, 3.8) is 0 Å². The summed E-state index contributed by atoms with van der Waals surface area (Å²) in [6.07, 6.45) is 1.55. The van der Waals surface area contributed by atoms with Gasteiger partial charge in [0.25, 0.3) is 5.91 Å². The van der Waals surface area contributed by atoms with Crippen LogP contribution in [0.4, 0.5) is 5.69 Å². The number of aromatic carboxylic acids is 1. The van der Waals surface area contributed by atoms with Crippen LogP contribution in [0.1, 0.15) is 38.3 Å². The predicted molar refractivity (Wildman–Crippen MR) is 99.4 cm³/mol. The summed E-state index contributed by atoms with van der Waals surface area (Å²) in [5.41, 5.74) is 3.22. The van der Waals surface area contributed by atoms with Crippen LogP contribution in [-0.4, -0.2) is 36.5 Å². The minimum absolute atomic E-state index is 0.0115. The summed E-state index contributed by atoms with van der Waals surface area (Å²) in [5, 5.41) is 14.7. The zero-order valence-electron chi connectivity index (χ0n) is 14.9. The highest BCUT2D eigenvalue weighted by atomic mass is 16.5. The van der Waals surface area contributed by atoms with Crippen molar-refractivity contribution in [2.24, 2.45) is 0 Å². The Hall–Kier alpha value is -3.35. The molecule has 140 valence electrons. The molecule has 2 amide bonds. The Kier molecular flexibility index (Phi) is 5.40. The smallest absolute Gasteiger partial charge is 0.335 e. The molecule has 0 aromatic heterocycles. The topological polar surface area (TPSA) is 105 Å². The van der Waals surface area contributed by atoms with E-state index in [-0.39, 0.29) is 17.4 Å². The van der Waals surface area contributed by atoms with Crippen molar-refractivity contribution in [2.75, 3.05) is 19.0 Å². The summed E-state index contributed by atoms with van der Waals surface area (Å²) in [5.74, 6) is -0.746. The van der Waals surface area contributed by atoms with Crippen molar-refractivity contribution in [1.29, 1.82) is 0 Å². The van der Waals surface area contributed by atoms with Crippen molar-refractivity contribution in [2.45, 2.75) is 19.3 Å². The number of fused-ring (bicyclic) bond motifs is 1. The van der Waals surface area contributed by atoms with E-state index in [0.29, 0.717) is 37.1 Å². The zero-order valence-corrected chi connectivity index (χ0v) is 14.9. The molecule has 3 rings (SSSR count). The van der Waals surface area contributed by atoms with Gasteiger partial charge in [0, 0.05) is 24.2 Å². The molecule has 0 aliphatic carbocycles. The Morgan fingerprint density at radius 3 is 2.67 bits per heavy atom. The largest absolute Gasteiger partial charge is 0.496 e. The van der Waals surface area contributed by atoms with E-state index in [1.807, 2.05) is 0 Å². The molecule has 0 spiro atoms. The van der Waals surface area contributed by atoms with Gasteiger partial charge in [-0.15, -0.1) is 0 Å². The molecule has 7 nitrogen and oxygen atoms in total. The maximum Gasteiger partial charge on any atom is 0.335 e. The van der Waals surface area contributed by atoms with Crippen molar-refractivity contribution in [3.05, 3.63) is 58.7 Å². The fourth-order valence-electron chi connectivity index (χ4n) is 3.02. The number of ether oxygens (including phenoxy) is 1. The Bertz CT molecular complexity index is 907. The van der Waals surface area contributed by atoms with Crippen molar-refractivity contribution in [1.82, 2.24) is 5.32 Å². The second-order valence-electron chi connectivity index (χ2n) is 6.26. The second-order valence-corrected chi connectivity index (χ2v) is 6.26. The minimum atomic E-state index is -1.02. The lowest BCUT2D eigenvalue weighted by atomic mass is 10.00. The van der Waals surface area contributed by atoms with Crippen LogP contribution in [-0.2, 0) is 17.6 Å². The van der Waals surface area contributed by atoms with Crippen molar-refractivity contribution < 1.29 is 24.2 Å². The van der Waals surface area contributed by atoms with E-state index in [4.69, 9.17) is 9.84 Å². The molecule has 7 heteroatoms. The third kappa shape index (κ3) is 4.25. The molecular formula is C20H20N2O5. The van der Waals surface area contributed by atoms with E-state index < -0.39 is 5.97 Å². The van der Waals surface area contributed by atoms with Gasteiger partial charge in [-0.1, -0.05) is 6.07 Å². The number of carboxylic acids is 1. The summed E-state index contributed by atoms with van der Waals surface area (Å²) < 4.78 is 5.24. The van der Waals surface area contributed by atoms with Gasteiger partial charge in [-0.05, 0) is 54.3 Å². The molecule has 0 radical (unpaired) electrons. The number of hydrogen-bond acceptors (Lipinski definition) is 4. The van der Waals surface area contributed by atoms with Gasteiger partial charge in [0.15, 0.2) is 0 Å². The molecule has 1 aliphatic heterocycles. The highest BCUT2D eigenvalue weighted by molar-refractivity contribution is 5.98. The van der Waals surface area contributed by atoms with E-state index in [9.17, 15) is 14.4 Å². The van der Waals surface area contributed by atoms with Crippen LogP contribution >= 0.6 is 0 Å². The number of benzene rings is 2. The third-order valence-corrected chi connectivity index (χ3v) is 4.48. The van der Waals surface area contributed by atoms with Crippen molar-refractivity contribution in [3.8, 4) is 5.75 Å². The number of carbonyl (C=O) groups excluding carboxylic acids is 2. The second kappa shape index (κ2) is 7.90. The highest BCUT2D eigenvalue weighted by Crippen LogP contribution is 2.24. The maximum absolute atomic E-state index is 12.4. The average Bonchev–Trinajstić information content (AvgIpc) is 2.67. The molecule has 0 bridgehead atoms. The lowest BCUT2D eigenvalue weighted by molar-refractivity contribution is -0.116. The number of hydrogen-bond donors (Lipinski definition) is 3. The number of nitrogens with one attached hydrogen (secondary N) is 2. The molecule has 0 saturated carbocycles. The first-order valence-electron chi connectivity index (χ1n) is 8.59. The van der Waals surface area contributed by atoms with Gasteiger partial charge in [-0.3, -0.25) is 9.59 Å². The van der Waals surface area contributed by atoms with E-state index >= 15 is 0 Å². The summed E-state index contributed by atoms with van der Waals surface area (Å²) in [4.78, 5) is 34.8. The first kappa shape index (κ1) is 18.4. The van der Waals surface area contributed by atoms with Crippen LogP contribution in [0, 0.1) is 0 Å². The molecule has 2 aromatic carbocycles. The number of aryl methyl sites for hydroxylation is 1. The van der Waals surface area contributed by atoms with Crippen molar-refractivity contribution >= 4 is 23.5 Å². The normalized spacial score (nSPS) is 12.7. The van der Waals surface area contributed by atoms with Crippen LogP contribution in [0.25, 0.3) is 0 Å². The van der Waals surface area contributed by atoms with Crippen LogP contribution in [0.15, 0.2) is 36.4 Å². The first-order valence-corrected chi connectivity index (χ1v) is 8.59. The molecule has 27 heavy (non-hydrogen) atoms. The molecule has 3 N–H and O–H groups in total. The van der Waals surface area contributed by atoms with E-state index in [1.165, 1.54) is 19.2 Å². The summed E-state index contributed by atoms with van der Waals surface area (Å²) >= 11 is 0. The van der Waals surface area contributed by atoms with Crippen LogP contribution in [0.5, 0.6) is 5.75 Å². The standard InChI is InChI=1S/C20H20N2O5/c1-27-17-11-15(20(25)26)3-2-12(17)8-9-21-19(24)14-4-6-16-13(10-14)5-7-18(23)22-16/h2-4,6,10-11H,5,7-9H2,1H3,(H,21,24)(H,22,23)(H,25,26). The molecular weight excluding hydrogens is 348 g/mol. The van der Waals surface area contributed by atoms with Gasteiger partial charge >= 0.3 is 5.97 Å². The molecule has 1 aliphatic rings. The van der Waals surface area contributed by atoms with Gasteiger partial charge in [0.05, 0.1) is 12.7 Å². The summed E-state index contributed by atoms with van der Waals surface area (Å²) in [6.45, 7) is 0.384. The quantitative estimate of drug-likeness (QED) is 0.725. The Balaban J connectivity index is 1.62. The number of anilines is 1. The Morgan fingerprint density at radius 2 is 1.93 bits per heavy atom. The molecule has 0 unspecified atom stereocenters. The number of rotatable bonds is 6. The third-order valence-electron chi connectivity index (χ3n) is 4.48. The first-order chi connectivity index (χ1) is 13.0. The molecule has 1 heterocycles. The number of amides is 2. The number of methoxy groups -OCH3 is 1. The average molecular weight is 368 g/mol. The maximum atomic E-state index is 12.4. The SMILES string of the molecule is COc1cc(C(=O)O)ccc1CCNC(=O)c1ccc2c(c1)CCC(=O)N2. The summed E-state index contributed by atoms with van der Waals surface area (Å²) in [6, 6.07) is 9.90. The van der Waals surface area contributed by atoms with Crippen LogP contribution in [0.3, 0.4) is 0 Å². The monoisotopic (exact) mass is 368 g/mol. The van der Waals surface area contributed by atoms with E-state index in [1.54, 1.807) is 24.3 Å². The number of carbonyl (C=O) groups is 3. The van der Waals surface area contributed by atoms with Gasteiger partial charge in [-0.25, -0.2) is 4.79 Å². The molecule has 0 fully saturated rings. The summed E-state index contributed by atoms with van der Waals surface area (Å²) in [7, 11) is 1.48. The zero-order chi connectivity index (χ0) is 19.4. The lowest BCUT2D eigenvalue weighted by Gasteiger charge is -2.17. The highest BCUT2D eigenvalue weighted by Gasteiger charge is 2.16. The van der Waals surface area contributed by atoms with Crippen LogP contribution < -0.4 is 15.4 Å². The predicted octanol–water partition coefficient (Wildman–Crippen LogP) is 2.25. The fourth-order valence-corrected chi connectivity index (χ4v) is 3.02. The lowest BCUT2D eigenvalue weighted by Crippen LogP contribution is -2.26. The minimum Gasteiger partial charge on any atom is -0.496 e.